The topological polar surface area (TPSA) is 75.4 Å². The second-order valence-corrected chi connectivity index (χ2v) is 4.40. The molecule has 4 nitrogen and oxygen atoms in total. The Balaban J connectivity index is 3.84. The van der Waals surface area contributed by atoms with Crippen molar-refractivity contribution < 1.29 is 9.90 Å². The van der Waals surface area contributed by atoms with Gasteiger partial charge in [-0.3, -0.25) is 4.79 Å². The van der Waals surface area contributed by atoms with Gasteiger partial charge in [-0.25, -0.2) is 0 Å². The van der Waals surface area contributed by atoms with Crippen molar-refractivity contribution in [1.29, 1.82) is 0 Å². The van der Waals surface area contributed by atoms with Crippen molar-refractivity contribution in [3.63, 3.8) is 0 Å². The molecular formula is C13H24N2O2. The fourth-order valence-electron chi connectivity index (χ4n) is 1.23. The van der Waals surface area contributed by atoms with Crippen LogP contribution in [0.25, 0.3) is 0 Å². The molecule has 0 unspecified atom stereocenters. The molecule has 0 saturated carbocycles. The van der Waals surface area contributed by atoms with Gasteiger partial charge in [-0.05, 0) is 33.6 Å². The second kappa shape index (κ2) is 8.96. The van der Waals surface area contributed by atoms with Gasteiger partial charge >= 0.3 is 0 Å². The third-order valence-electron chi connectivity index (χ3n) is 2.35. The molecule has 0 saturated heterocycles. The van der Waals surface area contributed by atoms with E-state index in [1.54, 1.807) is 0 Å². The summed E-state index contributed by atoms with van der Waals surface area (Å²) in [5.41, 5.74) is 7.91. The number of nitrogens with two attached hydrogens (primary N) is 1. The van der Waals surface area contributed by atoms with Crippen LogP contribution in [0.15, 0.2) is 23.3 Å². The number of hydrogen-bond donors (Lipinski definition) is 3. The van der Waals surface area contributed by atoms with E-state index in [9.17, 15) is 4.79 Å². The minimum Gasteiger partial charge on any atom is -0.394 e. The molecule has 0 bridgehead atoms. The van der Waals surface area contributed by atoms with Gasteiger partial charge in [0.1, 0.15) is 6.04 Å². The Kier molecular flexibility index (Phi) is 8.36. The van der Waals surface area contributed by atoms with Crippen LogP contribution in [-0.4, -0.2) is 30.2 Å². The first kappa shape index (κ1) is 15.9. The molecule has 4 heteroatoms. The number of carbonyl (C=O) groups excluding carboxylic acids is 1. The molecule has 1 atom stereocenters. The largest absolute Gasteiger partial charge is 0.394 e. The average Bonchev–Trinajstić information content (AvgIpc) is 2.27. The Morgan fingerprint density at radius 1 is 1.35 bits per heavy atom. The van der Waals surface area contributed by atoms with Gasteiger partial charge in [-0.15, -0.1) is 0 Å². The molecule has 0 fully saturated rings. The molecule has 0 radical (unpaired) electrons. The van der Waals surface area contributed by atoms with Crippen molar-refractivity contribution in [1.82, 2.24) is 5.32 Å². The molecule has 0 aromatic heterocycles. The number of rotatable bonds is 7. The SMILES string of the molecule is CC(C)=CCCC(C)=CCNC(=O)[C@@H](N)CO. The summed E-state index contributed by atoms with van der Waals surface area (Å²) >= 11 is 0. The fraction of sp³-hybridized carbons (Fsp3) is 0.615. The average molecular weight is 240 g/mol. The highest BCUT2D eigenvalue weighted by molar-refractivity contribution is 5.81. The Labute approximate surface area is 104 Å². The van der Waals surface area contributed by atoms with E-state index in [2.05, 4.69) is 25.2 Å². The summed E-state index contributed by atoms with van der Waals surface area (Å²) in [6.07, 6.45) is 6.18. The molecule has 0 rings (SSSR count). The Bertz CT molecular complexity index is 292. The van der Waals surface area contributed by atoms with Gasteiger partial charge in [0.2, 0.25) is 5.91 Å². The van der Waals surface area contributed by atoms with E-state index < -0.39 is 6.04 Å². The maximum Gasteiger partial charge on any atom is 0.239 e. The van der Waals surface area contributed by atoms with Gasteiger partial charge in [0, 0.05) is 6.54 Å². The van der Waals surface area contributed by atoms with E-state index >= 15 is 0 Å². The van der Waals surface area contributed by atoms with Crippen LogP contribution in [0.2, 0.25) is 0 Å². The number of amides is 1. The summed E-state index contributed by atoms with van der Waals surface area (Å²) in [6, 6.07) is -0.825. The van der Waals surface area contributed by atoms with Crippen LogP contribution in [0.3, 0.4) is 0 Å². The third-order valence-corrected chi connectivity index (χ3v) is 2.35. The molecule has 4 N–H and O–H groups in total. The van der Waals surface area contributed by atoms with Gasteiger partial charge in [0.05, 0.1) is 6.61 Å². The number of nitrogens with one attached hydrogen (secondary N) is 1. The highest BCUT2D eigenvalue weighted by Gasteiger charge is 2.09. The maximum atomic E-state index is 11.2. The minimum atomic E-state index is -0.825. The fourth-order valence-corrected chi connectivity index (χ4v) is 1.23. The second-order valence-electron chi connectivity index (χ2n) is 4.40. The molecule has 0 aliphatic heterocycles. The van der Waals surface area contributed by atoms with Crippen LogP contribution in [0, 0.1) is 0 Å². The summed E-state index contributed by atoms with van der Waals surface area (Å²) in [4.78, 5) is 11.2. The van der Waals surface area contributed by atoms with E-state index in [-0.39, 0.29) is 12.5 Å². The lowest BCUT2D eigenvalue weighted by atomic mass is 10.1. The van der Waals surface area contributed by atoms with E-state index in [0.717, 1.165) is 12.8 Å². The van der Waals surface area contributed by atoms with E-state index in [1.807, 2.05) is 13.0 Å². The number of allylic oxidation sites excluding steroid dienone is 3. The lowest BCUT2D eigenvalue weighted by molar-refractivity contribution is -0.122. The van der Waals surface area contributed by atoms with Gasteiger partial charge in [0.15, 0.2) is 0 Å². The van der Waals surface area contributed by atoms with Crippen LogP contribution < -0.4 is 11.1 Å². The van der Waals surface area contributed by atoms with Crippen molar-refractivity contribution in [2.24, 2.45) is 5.73 Å². The zero-order valence-corrected chi connectivity index (χ0v) is 11.0. The minimum absolute atomic E-state index is 0.319. The third kappa shape index (κ3) is 8.65. The standard InChI is InChI=1S/C13H24N2O2/c1-10(2)5-4-6-11(3)7-8-15-13(17)12(14)9-16/h5,7,12,16H,4,6,8-9,14H2,1-3H3,(H,15,17)/t12-/m0/s1. The number of aliphatic hydroxyl groups excluding tert-OH is 1. The number of carbonyl (C=O) groups is 1. The molecule has 0 aliphatic carbocycles. The lowest BCUT2D eigenvalue weighted by Gasteiger charge is -2.07. The predicted molar refractivity (Wildman–Crippen MR) is 70.5 cm³/mol. The van der Waals surface area contributed by atoms with Crippen molar-refractivity contribution in [3.05, 3.63) is 23.3 Å². The van der Waals surface area contributed by atoms with Crippen molar-refractivity contribution in [3.8, 4) is 0 Å². The Morgan fingerprint density at radius 3 is 2.53 bits per heavy atom. The van der Waals surface area contributed by atoms with Crippen molar-refractivity contribution >= 4 is 5.91 Å². The summed E-state index contributed by atoms with van der Waals surface area (Å²) in [7, 11) is 0. The molecule has 1 amide bonds. The van der Waals surface area contributed by atoms with Gasteiger partial charge in [0.25, 0.3) is 0 Å². The van der Waals surface area contributed by atoms with Crippen LogP contribution >= 0.6 is 0 Å². The Hall–Kier alpha value is -1.13. The smallest absolute Gasteiger partial charge is 0.239 e. The highest BCUT2D eigenvalue weighted by Crippen LogP contribution is 2.05. The molecule has 0 aliphatic rings. The normalized spacial score (nSPS) is 13.1. The summed E-state index contributed by atoms with van der Waals surface area (Å²) in [6.45, 7) is 6.34. The molecule has 0 spiro atoms. The van der Waals surface area contributed by atoms with Gasteiger partial charge in [-0.1, -0.05) is 23.3 Å². The molecule has 98 valence electrons. The van der Waals surface area contributed by atoms with Crippen molar-refractivity contribution in [2.75, 3.05) is 13.2 Å². The number of aliphatic hydroxyl groups is 1. The first-order valence-corrected chi connectivity index (χ1v) is 5.90. The van der Waals surface area contributed by atoms with E-state index in [4.69, 9.17) is 10.8 Å². The first-order valence-electron chi connectivity index (χ1n) is 5.90. The summed E-state index contributed by atoms with van der Waals surface area (Å²) < 4.78 is 0. The first-order chi connectivity index (χ1) is 7.97. The van der Waals surface area contributed by atoms with Crippen LogP contribution in [-0.2, 0) is 4.79 Å². The zero-order chi connectivity index (χ0) is 13.3. The van der Waals surface area contributed by atoms with Gasteiger partial charge in [-0.2, -0.15) is 0 Å². The maximum absolute atomic E-state index is 11.2. The Morgan fingerprint density at radius 2 is 2.00 bits per heavy atom. The van der Waals surface area contributed by atoms with E-state index in [1.165, 1.54) is 11.1 Å². The quantitative estimate of drug-likeness (QED) is 0.584. The number of hydrogen-bond acceptors (Lipinski definition) is 3. The highest BCUT2D eigenvalue weighted by atomic mass is 16.3. The van der Waals surface area contributed by atoms with Gasteiger partial charge < -0.3 is 16.2 Å². The predicted octanol–water partition coefficient (Wildman–Crippen LogP) is 1.11. The van der Waals surface area contributed by atoms with Crippen LogP contribution in [0.4, 0.5) is 0 Å². The summed E-state index contributed by atoms with van der Waals surface area (Å²) in [5.74, 6) is -0.319. The molecule has 0 aromatic carbocycles. The molecule has 17 heavy (non-hydrogen) atoms. The van der Waals surface area contributed by atoms with Crippen LogP contribution in [0.1, 0.15) is 33.6 Å². The van der Waals surface area contributed by atoms with Crippen LogP contribution in [0.5, 0.6) is 0 Å². The van der Waals surface area contributed by atoms with Crippen molar-refractivity contribution in [2.45, 2.75) is 39.7 Å². The molecule has 0 aromatic rings. The van der Waals surface area contributed by atoms with E-state index in [0.29, 0.717) is 6.54 Å². The molecule has 0 heterocycles. The summed E-state index contributed by atoms with van der Waals surface area (Å²) in [5, 5.41) is 11.3. The lowest BCUT2D eigenvalue weighted by Crippen LogP contribution is -2.43. The molecular weight excluding hydrogens is 216 g/mol. The monoisotopic (exact) mass is 240 g/mol. The zero-order valence-electron chi connectivity index (χ0n) is 11.0.